The zero-order valence-corrected chi connectivity index (χ0v) is 13.1. The number of anilines is 1. The second-order valence-corrected chi connectivity index (χ2v) is 6.59. The lowest BCUT2D eigenvalue weighted by Crippen LogP contribution is -2.47. The van der Waals surface area contributed by atoms with Crippen molar-refractivity contribution in [1.29, 1.82) is 0 Å². The first kappa shape index (κ1) is 15.2. The van der Waals surface area contributed by atoms with Crippen molar-refractivity contribution in [2.24, 2.45) is 11.1 Å². The van der Waals surface area contributed by atoms with Gasteiger partial charge in [0.25, 0.3) is 5.91 Å². The summed E-state index contributed by atoms with van der Waals surface area (Å²) in [4.78, 5) is 24.3. The van der Waals surface area contributed by atoms with Gasteiger partial charge in [-0.3, -0.25) is 9.78 Å². The van der Waals surface area contributed by atoms with Gasteiger partial charge in [-0.1, -0.05) is 0 Å². The minimum atomic E-state index is -0.547. The van der Waals surface area contributed by atoms with E-state index in [1.54, 1.807) is 6.20 Å². The number of carbonyl (C=O) groups excluding carboxylic acids is 1. The van der Waals surface area contributed by atoms with Crippen molar-refractivity contribution in [3.05, 3.63) is 18.1 Å². The minimum absolute atomic E-state index is 0.203. The fourth-order valence-electron chi connectivity index (χ4n) is 2.90. The third kappa shape index (κ3) is 3.72. The molecule has 1 saturated carbocycles. The molecule has 0 radical (unpaired) electrons. The lowest BCUT2D eigenvalue weighted by molar-refractivity contribution is 0.0995. The SMILES string of the molecule is CN1CCN(CC2(CNc3cncc(C(N)=O)n3)CC2)CC1. The van der Waals surface area contributed by atoms with Gasteiger partial charge < -0.3 is 20.9 Å². The number of nitrogens with one attached hydrogen (secondary N) is 1. The summed E-state index contributed by atoms with van der Waals surface area (Å²) in [5.74, 6) is 0.0793. The van der Waals surface area contributed by atoms with Crippen LogP contribution in [0.1, 0.15) is 23.3 Å². The Morgan fingerprint density at radius 1 is 1.32 bits per heavy atom. The Morgan fingerprint density at radius 3 is 2.68 bits per heavy atom. The highest BCUT2D eigenvalue weighted by Gasteiger charge is 2.43. The van der Waals surface area contributed by atoms with Crippen LogP contribution in [0.15, 0.2) is 12.4 Å². The van der Waals surface area contributed by atoms with Gasteiger partial charge in [0, 0.05) is 44.7 Å². The van der Waals surface area contributed by atoms with Crippen LogP contribution in [0.2, 0.25) is 0 Å². The molecule has 0 unspecified atom stereocenters. The summed E-state index contributed by atoms with van der Waals surface area (Å²) >= 11 is 0. The van der Waals surface area contributed by atoms with Crippen molar-refractivity contribution in [3.63, 3.8) is 0 Å². The maximum atomic E-state index is 11.1. The highest BCUT2D eigenvalue weighted by Crippen LogP contribution is 2.46. The molecule has 0 aromatic carbocycles. The molecule has 1 aromatic rings. The van der Waals surface area contributed by atoms with Crippen LogP contribution >= 0.6 is 0 Å². The van der Waals surface area contributed by atoms with Gasteiger partial charge in [0.2, 0.25) is 0 Å². The van der Waals surface area contributed by atoms with E-state index in [1.165, 1.54) is 19.0 Å². The Balaban J connectivity index is 1.52. The van der Waals surface area contributed by atoms with Gasteiger partial charge in [0.05, 0.1) is 12.4 Å². The van der Waals surface area contributed by atoms with Crippen molar-refractivity contribution in [2.75, 3.05) is 51.6 Å². The van der Waals surface area contributed by atoms with E-state index in [1.807, 2.05) is 0 Å². The molecule has 3 N–H and O–H groups in total. The number of hydrogen-bond acceptors (Lipinski definition) is 6. The second kappa shape index (κ2) is 6.18. The van der Waals surface area contributed by atoms with E-state index >= 15 is 0 Å². The van der Waals surface area contributed by atoms with Crippen LogP contribution < -0.4 is 11.1 Å². The van der Waals surface area contributed by atoms with Crippen LogP contribution in [0.4, 0.5) is 5.82 Å². The Labute approximate surface area is 130 Å². The second-order valence-electron chi connectivity index (χ2n) is 6.59. The summed E-state index contributed by atoms with van der Waals surface area (Å²) in [6.45, 7) is 6.60. The van der Waals surface area contributed by atoms with E-state index in [2.05, 4.69) is 32.1 Å². The molecule has 1 amide bonds. The smallest absolute Gasteiger partial charge is 0.268 e. The summed E-state index contributed by atoms with van der Waals surface area (Å²) in [5.41, 5.74) is 5.78. The topological polar surface area (TPSA) is 87.4 Å². The quantitative estimate of drug-likeness (QED) is 0.770. The largest absolute Gasteiger partial charge is 0.368 e. The molecular weight excluding hydrogens is 280 g/mol. The highest BCUT2D eigenvalue weighted by molar-refractivity contribution is 5.90. The Hall–Kier alpha value is -1.73. The van der Waals surface area contributed by atoms with Crippen molar-refractivity contribution in [1.82, 2.24) is 19.8 Å². The first-order valence-electron chi connectivity index (χ1n) is 7.83. The van der Waals surface area contributed by atoms with E-state index in [9.17, 15) is 4.79 Å². The molecule has 1 aliphatic heterocycles. The van der Waals surface area contributed by atoms with Crippen LogP contribution in [-0.4, -0.2) is 72.0 Å². The number of nitrogens with zero attached hydrogens (tertiary/aromatic N) is 4. The standard InChI is InChI=1S/C15H24N6O/c1-20-4-6-21(7-5-20)11-15(2-3-15)10-18-13-9-17-8-12(19-13)14(16)22/h8-9H,2-7,10-11H2,1H3,(H2,16,22)(H,18,19). The molecule has 1 aliphatic carbocycles. The molecule has 0 atom stereocenters. The van der Waals surface area contributed by atoms with Crippen LogP contribution in [0.5, 0.6) is 0 Å². The van der Waals surface area contributed by atoms with Gasteiger partial charge in [-0.05, 0) is 19.9 Å². The number of piperazine rings is 1. The molecule has 7 nitrogen and oxygen atoms in total. The Kier molecular flexibility index (Phi) is 4.26. The molecule has 0 spiro atoms. The molecule has 22 heavy (non-hydrogen) atoms. The van der Waals surface area contributed by atoms with Gasteiger partial charge in [0.1, 0.15) is 11.5 Å². The molecular formula is C15H24N6O. The van der Waals surface area contributed by atoms with Crippen LogP contribution in [0.25, 0.3) is 0 Å². The number of aromatic nitrogens is 2. The molecule has 1 saturated heterocycles. The summed E-state index contributed by atoms with van der Waals surface area (Å²) in [6, 6.07) is 0. The number of likely N-dealkylation sites (N-methyl/N-ethyl adjacent to an activating group) is 1. The molecule has 1 aromatic heterocycles. The number of hydrogen-bond donors (Lipinski definition) is 2. The van der Waals surface area contributed by atoms with E-state index in [0.29, 0.717) is 11.2 Å². The van der Waals surface area contributed by atoms with Crippen molar-refractivity contribution < 1.29 is 4.79 Å². The number of carbonyl (C=O) groups is 1. The average molecular weight is 304 g/mol. The monoisotopic (exact) mass is 304 g/mol. The first-order chi connectivity index (χ1) is 10.6. The van der Waals surface area contributed by atoms with Crippen molar-refractivity contribution in [2.45, 2.75) is 12.8 Å². The summed E-state index contributed by atoms with van der Waals surface area (Å²) < 4.78 is 0. The Morgan fingerprint density at radius 2 is 2.05 bits per heavy atom. The molecule has 120 valence electrons. The van der Waals surface area contributed by atoms with E-state index in [0.717, 1.165) is 39.3 Å². The third-order valence-electron chi connectivity index (χ3n) is 4.64. The molecule has 2 fully saturated rings. The fraction of sp³-hybridized carbons (Fsp3) is 0.667. The maximum Gasteiger partial charge on any atom is 0.268 e. The van der Waals surface area contributed by atoms with Crippen molar-refractivity contribution in [3.8, 4) is 0 Å². The minimum Gasteiger partial charge on any atom is -0.368 e. The predicted molar refractivity (Wildman–Crippen MR) is 84.6 cm³/mol. The van der Waals surface area contributed by atoms with Gasteiger partial charge in [-0.2, -0.15) is 0 Å². The van der Waals surface area contributed by atoms with E-state index < -0.39 is 5.91 Å². The van der Waals surface area contributed by atoms with Crippen LogP contribution in [0.3, 0.4) is 0 Å². The van der Waals surface area contributed by atoms with Gasteiger partial charge in [0.15, 0.2) is 0 Å². The maximum absolute atomic E-state index is 11.1. The van der Waals surface area contributed by atoms with Crippen molar-refractivity contribution >= 4 is 11.7 Å². The average Bonchev–Trinajstić information content (AvgIpc) is 3.28. The fourth-order valence-corrected chi connectivity index (χ4v) is 2.90. The van der Waals surface area contributed by atoms with Gasteiger partial charge >= 0.3 is 0 Å². The zero-order chi connectivity index (χ0) is 15.6. The number of nitrogens with two attached hydrogens (primary N) is 1. The summed E-state index contributed by atoms with van der Waals surface area (Å²) in [5, 5.41) is 3.32. The predicted octanol–water partition coefficient (Wildman–Crippen LogP) is 0.0150. The number of amides is 1. The normalized spacial score (nSPS) is 21.5. The molecule has 2 aliphatic rings. The third-order valence-corrected chi connectivity index (χ3v) is 4.64. The Bertz CT molecular complexity index is 537. The van der Waals surface area contributed by atoms with Gasteiger partial charge in [-0.25, -0.2) is 4.98 Å². The van der Waals surface area contributed by atoms with E-state index in [4.69, 9.17) is 5.73 Å². The molecule has 7 heteroatoms. The zero-order valence-electron chi connectivity index (χ0n) is 13.1. The number of rotatable bonds is 6. The van der Waals surface area contributed by atoms with Gasteiger partial charge in [-0.15, -0.1) is 0 Å². The lowest BCUT2D eigenvalue weighted by Gasteiger charge is -2.35. The summed E-state index contributed by atoms with van der Waals surface area (Å²) in [6.07, 6.45) is 5.52. The summed E-state index contributed by atoms with van der Waals surface area (Å²) in [7, 11) is 2.18. The van der Waals surface area contributed by atoms with Crippen LogP contribution in [-0.2, 0) is 0 Å². The molecule has 2 heterocycles. The molecule has 0 bridgehead atoms. The van der Waals surface area contributed by atoms with E-state index in [-0.39, 0.29) is 5.69 Å². The lowest BCUT2D eigenvalue weighted by atomic mass is 10.1. The van der Waals surface area contributed by atoms with Crippen LogP contribution in [0, 0.1) is 5.41 Å². The molecule has 3 rings (SSSR count). The number of primary amides is 1. The first-order valence-corrected chi connectivity index (χ1v) is 7.83. The highest BCUT2D eigenvalue weighted by atomic mass is 16.1.